The molecule has 2 aromatic heterocycles. The van der Waals surface area contributed by atoms with Crippen LogP contribution in [0.3, 0.4) is 0 Å². The molecular formula is C19H18N4O. The molecule has 1 aromatic carbocycles. The maximum Gasteiger partial charge on any atom is 0.254 e. The molecule has 0 unspecified atom stereocenters. The number of hydrogen-bond donors (Lipinski definition) is 2. The van der Waals surface area contributed by atoms with Crippen LogP contribution in [0, 0.1) is 0 Å². The fourth-order valence-electron chi connectivity index (χ4n) is 2.40. The predicted octanol–water partition coefficient (Wildman–Crippen LogP) is 3.12. The molecule has 1 amide bonds. The van der Waals surface area contributed by atoms with Crippen molar-refractivity contribution in [2.24, 2.45) is 0 Å². The minimum absolute atomic E-state index is 0.155. The van der Waals surface area contributed by atoms with Gasteiger partial charge in [0, 0.05) is 32.2 Å². The number of nitrogens with one attached hydrogen (secondary N) is 2. The molecule has 0 aliphatic carbocycles. The third kappa shape index (κ3) is 3.57. The fourth-order valence-corrected chi connectivity index (χ4v) is 2.40. The highest BCUT2D eigenvalue weighted by molar-refractivity contribution is 5.98. The van der Waals surface area contributed by atoms with Crippen LogP contribution in [0.1, 0.15) is 15.9 Å². The van der Waals surface area contributed by atoms with E-state index >= 15 is 0 Å². The summed E-state index contributed by atoms with van der Waals surface area (Å²) in [5.74, 6) is 0.422. The average Bonchev–Trinajstić information content (AvgIpc) is 2.67. The van der Waals surface area contributed by atoms with Crippen molar-refractivity contribution in [3.05, 3.63) is 78.2 Å². The Morgan fingerprint density at radius 3 is 2.50 bits per heavy atom. The van der Waals surface area contributed by atoms with Gasteiger partial charge < -0.3 is 10.6 Å². The summed E-state index contributed by atoms with van der Waals surface area (Å²) in [6, 6.07) is 15.7. The molecule has 0 aliphatic rings. The molecule has 0 fully saturated rings. The van der Waals surface area contributed by atoms with Crippen molar-refractivity contribution >= 4 is 11.7 Å². The second-order valence-corrected chi connectivity index (χ2v) is 5.27. The van der Waals surface area contributed by atoms with Gasteiger partial charge >= 0.3 is 0 Å². The minimum atomic E-state index is -0.155. The van der Waals surface area contributed by atoms with E-state index < -0.39 is 0 Å². The van der Waals surface area contributed by atoms with Crippen LogP contribution in [-0.2, 0) is 6.54 Å². The molecule has 0 aliphatic heterocycles. The average molecular weight is 318 g/mol. The van der Waals surface area contributed by atoms with Crippen molar-refractivity contribution in [2.45, 2.75) is 6.54 Å². The molecule has 24 heavy (non-hydrogen) atoms. The van der Waals surface area contributed by atoms with Crippen LogP contribution in [0.4, 0.5) is 5.82 Å². The number of anilines is 1. The van der Waals surface area contributed by atoms with Crippen molar-refractivity contribution in [3.8, 4) is 11.1 Å². The van der Waals surface area contributed by atoms with Gasteiger partial charge in [0.2, 0.25) is 0 Å². The van der Waals surface area contributed by atoms with Crippen LogP contribution in [0.2, 0.25) is 0 Å². The molecular weight excluding hydrogens is 300 g/mol. The highest BCUT2D eigenvalue weighted by atomic mass is 16.1. The molecule has 3 aromatic rings. The van der Waals surface area contributed by atoms with Gasteiger partial charge in [0.1, 0.15) is 5.82 Å². The number of hydrogen-bond acceptors (Lipinski definition) is 4. The molecule has 0 radical (unpaired) electrons. The summed E-state index contributed by atoms with van der Waals surface area (Å²) in [6.45, 7) is 0.592. The molecule has 120 valence electrons. The minimum Gasteiger partial charge on any atom is -0.365 e. The van der Waals surface area contributed by atoms with E-state index in [-0.39, 0.29) is 5.91 Å². The molecule has 2 N–H and O–H groups in total. The largest absolute Gasteiger partial charge is 0.365 e. The van der Waals surface area contributed by atoms with Crippen molar-refractivity contribution in [2.75, 3.05) is 12.4 Å². The highest BCUT2D eigenvalue weighted by Gasteiger charge is 2.10. The lowest BCUT2D eigenvalue weighted by Crippen LogP contribution is -2.20. The van der Waals surface area contributed by atoms with Crippen LogP contribution in [0.25, 0.3) is 11.1 Å². The van der Waals surface area contributed by atoms with Crippen molar-refractivity contribution in [3.63, 3.8) is 0 Å². The summed E-state index contributed by atoms with van der Waals surface area (Å²) < 4.78 is 0. The summed E-state index contributed by atoms with van der Waals surface area (Å²) in [6.07, 6.45) is 5.27. The van der Waals surface area contributed by atoms with Gasteiger partial charge in [-0.15, -0.1) is 0 Å². The topological polar surface area (TPSA) is 66.9 Å². The molecule has 0 bridgehead atoms. The summed E-state index contributed by atoms with van der Waals surface area (Å²) in [7, 11) is 1.61. The molecule has 5 heteroatoms. The lowest BCUT2D eigenvalue weighted by molar-refractivity contribution is 0.0963. The highest BCUT2D eigenvalue weighted by Crippen LogP contribution is 2.19. The van der Waals surface area contributed by atoms with E-state index in [1.807, 2.05) is 18.3 Å². The first-order valence-corrected chi connectivity index (χ1v) is 7.68. The zero-order valence-electron chi connectivity index (χ0n) is 13.4. The Kier molecular flexibility index (Phi) is 4.81. The maximum atomic E-state index is 11.9. The SMILES string of the molecule is CNC(=O)c1cccnc1NCc1ccc(-c2cccnc2)cc1. The Bertz CT molecular complexity index is 816. The molecule has 2 heterocycles. The van der Waals surface area contributed by atoms with E-state index in [2.05, 4.69) is 44.9 Å². The number of rotatable bonds is 5. The van der Waals surface area contributed by atoms with Crippen LogP contribution >= 0.6 is 0 Å². The fraction of sp³-hybridized carbons (Fsp3) is 0.105. The molecule has 5 nitrogen and oxygen atoms in total. The van der Waals surface area contributed by atoms with Gasteiger partial charge in [0.15, 0.2) is 0 Å². The lowest BCUT2D eigenvalue weighted by atomic mass is 10.1. The first-order valence-electron chi connectivity index (χ1n) is 7.68. The van der Waals surface area contributed by atoms with Gasteiger partial charge in [0.05, 0.1) is 5.56 Å². The molecule has 0 saturated heterocycles. The first-order chi connectivity index (χ1) is 11.8. The second kappa shape index (κ2) is 7.37. The quantitative estimate of drug-likeness (QED) is 0.758. The molecule has 3 rings (SSSR count). The number of benzene rings is 1. The maximum absolute atomic E-state index is 11.9. The number of pyridine rings is 2. The van der Waals surface area contributed by atoms with Crippen LogP contribution in [0.5, 0.6) is 0 Å². The molecule has 0 saturated carbocycles. The number of carbonyl (C=O) groups is 1. The monoisotopic (exact) mass is 318 g/mol. The molecule has 0 atom stereocenters. The van der Waals surface area contributed by atoms with Gasteiger partial charge in [-0.2, -0.15) is 0 Å². The van der Waals surface area contributed by atoms with Crippen molar-refractivity contribution in [1.29, 1.82) is 0 Å². The van der Waals surface area contributed by atoms with E-state index in [0.29, 0.717) is 17.9 Å². The Morgan fingerprint density at radius 1 is 1.00 bits per heavy atom. The number of aromatic nitrogens is 2. The van der Waals surface area contributed by atoms with E-state index in [9.17, 15) is 4.79 Å². The second-order valence-electron chi connectivity index (χ2n) is 5.27. The Labute approximate surface area is 140 Å². The summed E-state index contributed by atoms with van der Waals surface area (Å²) in [5.41, 5.74) is 3.85. The van der Waals surface area contributed by atoms with E-state index in [4.69, 9.17) is 0 Å². The zero-order chi connectivity index (χ0) is 16.8. The van der Waals surface area contributed by atoms with E-state index in [1.165, 1.54) is 0 Å². The Hall–Kier alpha value is -3.21. The van der Waals surface area contributed by atoms with Gasteiger partial charge in [0.25, 0.3) is 5.91 Å². The number of carbonyl (C=O) groups excluding carboxylic acids is 1. The number of nitrogens with zero attached hydrogens (tertiary/aromatic N) is 2. The summed E-state index contributed by atoms with van der Waals surface area (Å²) >= 11 is 0. The van der Waals surface area contributed by atoms with Crippen molar-refractivity contribution < 1.29 is 4.79 Å². The third-order valence-corrected chi connectivity index (χ3v) is 3.69. The summed E-state index contributed by atoms with van der Waals surface area (Å²) in [5, 5.41) is 5.84. The third-order valence-electron chi connectivity index (χ3n) is 3.69. The van der Waals surface area contributed by atoms with Crippen molar-refractivity contribution in [1.82, 2.24) is 15.3 Å². The van der Waals surface area contributed by atoms with Crippen LogP contribution < -0.4 is 10.6 Å². The normalized spacial score (nSPS) is 10.2. The van der Waals surface area contributed by atoms with Gasteiger partial charge in [-0.25, -0.2) is 4.98 Å². The number of amides is 1. The standard InChI is InChI=1S/C19H18N4O/c1-20-19(24)17-5-3-11-22-18(17)23-12-14-6-8-15(9-7-14)16-4-2-10-21-13-16/h2-11,13H,12H2,1H3,(H,20,24)(H,22,23). The molecule has 0 spiro atoms. The summed E-state index contributed by atoms with van der Waals surface area (Å²) in [4.78, 5) is 20.2. The smallest absolute Gasteiger partial charge is 0.254 e. The first kappa shape index (κ1) is 15.7. The lowest BCUT2D eigenvalue weighted by Gasteiger charge is -2.10. The van der Waals surface area contributed by atoms with Crippen LogP contribution in [-0.4, -0.2) is 22.9 Å². The van der Waals surface area contributed by atoms with Crippen LogP contribution in [0.15, 0.2) is 67.1 Å². The van der Waals surface area contributed by atoms with Gasteiger partial charge in [-0.3, -0.25) is 9.78 Å². The van der Waals surface area contributed by atoms with E-state index in [0.717, 1.165) is 16.7 Å². The van der Waals surface area contributed by atoms with Gasteiger partial charge in [-0.05, 0) is 34.9 Å². The van der Waals surface area contributed by atoms with E-state index in [1.54, 1.807) is 31.6 Å². The Balaban J connectivity index is 1.71. The Morgan fingerprint density at radius 2 is 1.79 bits per heavy atom. The predicted molar refractivity (Wildman–Crippen MR) is 94.6 cm³/mol. The van der Waals surface area contributed by atoms with Gasteiger partial charge in [-0.1, -0.05) is 30.3 Å². The zero-order valence-corrected chi connectivity index (χ0v) is 13.4.